The Labute approximate surface area is 136 Å². The van der Waals surface area contributed by atoms with Crippen LogP contribution in [-0.4, -0.2) is 41.8 Å². The van der Waals surface area contributed by atoms with E-state index in [1.165, 1.54) is 32.1 Å². The highest BCUT2D eigenvalue weighted by molar-refractivity contribution is 5.68. The molecule has 3 unspecified atom stereocenters. The van der Waals surface area contributed by atoms with Gasteiger partial charge >= 0.3 is 6.09 Å². The molecule has 1 N–H and O–H groups in total. The zero-order valence-corrected chi connectivity index (χ0v) is 14.9. The Bertz CT molecular complexity index is 365. The molecule has 0 bridgehead atoms. The molecule has 1 amide bonds. The van der Waals surface area contributed by atoms with Crippen LogP contribution in [0, 0.1) is 5.92 Å². The summed E-state index contributed by atoms with van der Waals surface area (Å²) in [5.41, 5.74) is -0.410. The monoisotopic (exact) mass is 310 g/mol. The van der Waals surface area contributed by atoms with E-state index in [9.17, 15) is 4.79 Å². The number of hydrogen-bond acceptors (Lipinski definition) is 3. The van der Waals surface area contributed by atoms with E-state index in [0.717, 1.165) is 31.8 Å². The third kappa shape index (κ3) is 5.15. The predicted molar refractivity (Wildman–Crippen MR) is 90.0 cm³/mol. The van der Waals surface area contributed by atoms with Gasteiger partial charge in [-0.15, -0.1) is 0 Å². The van der Waals surface area contributed by atoms with Crippen LogP contribution < -0.4 is 5.32 Å². The predicted octanol–water partition coefficient (Wildman–Crippen LogP) is 3.94. The van der Waals surface area contributed by atoms with Crippen LogP contribution >= 0.6 is 0 Å². The number of likely N-dealkylation sites (tertiary alicyclic amines) is 1. The smallest absolute Gasteiger partial charge is 0.410 e. The molecule has 2 fully saturated rings. The van der Waals surface area contributed by atoms with Gasteiger partial charge < -0.3 is 15.0 Å². The molecule has 0 aromatic carbocycles. The summed E-state index contributed by atoms with van der Waals surface area (Å²) >= 11 is 0. The van der Waals surface area contributed by atoms with Crippen molar-refractivity contribution in [2.45, 2.75) is 90.3 Å². The van der Waals surface area contributed by atoms with E-state index in [1.807, 2.05) is 25.7 Å². The van der Waals surface area contributed by atoms with Gasteiger partial charge in [0.25, 0.3) is 0 Å². The molecule has 22 heavy (non-hydrogen) atoms. The molecule has 1 heterocycles. The number of nitrogens with zero attached hydrogens (tertiary/aromatic N) is 1. The second-order valence-corrected chi connectivity index (χ2v) is 8.02. The first-order valence-corrected chi connectivity index (χ1v) is 9.12. The second-order valence-electron chi connectivity index (χ2n) is 8.02. The average molecular weight is 310 g/mol. The maximum atomic E-state index is 12.4. The van der Waals surface area contributed by atoms with Crippen molar-refractivity contribution in [3.8, 4) is 0 Å². The van der Waals surface area contributed by atoms with Gasteiger partial charge in [-0.25, -0.2) is 4.79 Å². The number of ether oxygens (including phenoxy) is 1. The largest absolute Gasteiger partial charge is 0.444 e. The highest BCUT2D eigenvalue weighted by atomic mass is 16.6. The topological polar surface area (TPSA) is 41.6 Å². The summed E-state index contributed by atoms with van der Waals surface area (Å²) < 4.78 is 5.57. The molecule has 1 saturated carbocycles. The van der Waals surface area contributed by atoms with Crippen molar-refractivity contribution < 1.29 is 9.53 Å². The van der Waals surface area contributed by atoms with Crippen LogP contribution in [-0.2, 0) is 4.74 Å². The number of hydrogen-bond donors (Lipinski definition) is 1. The summed E-state index contributed by atoms with van der Waals surface area (Å²) in [6.45, 7) is 9.85. The van der Waals surface area contributed by atoms with Gasteiger partial charge in [0.2, 0.25) is 0 Å². The van der Waals surface area contributed by atoms with E-state index >= 15 is 0 Å². The van der Waals surface area contributed by atoms with Crippen LogP contribution in [0.25, 0.3) is 0 Å². The average Bonchev–Trinajstić information content (AvgIpc) is 2.91. The highest BCUT2D eigenvalue weighted by Gasteiger charge is 2.31. The minimum Gasteiger partial charge on any atom is -0.444 e. The fourth-order valence-electron chi connectivity index (χ4n) is 3.71. The van der Waals surface area contributed by atoms with E-state index in [0.29, 0.717) is 12.1 Å². The number of rotatable bonds is 4. The Morgan fingerprint density at radius 3 is 2.64 bits per heavy atom. The molecule has 0 spiro atoms. The fourth-order valence-corrected chi connectivity index (χ4v) is 3.71. The number of amides is 1. The van der Waals surface area contributed by atoms with Gasteiger partial charge in [-0.05, 0) is 65.2 Å². The third-order valence-corrected chi connectivity index (χ3v) is 5.02. The quantitative estimate of drug-likeness (QED) is 0.855. The van der Waals surface area contributed by atoms with Gasteiger partial charge in [0.05, 0.1) is 0 Å². The van der Waals surface area contributed by atoms with Crippen molar-refractivity contribution in [3.63, 3.8) is 0 Å². The molecule has 4 heteroatoms. The maximum absolute atomic E-state index is 12.4. The molecule has 128 valence electrons. The summed E-state index contributed by atoms with van der Waals surface area (Å²) in [7, 11) is 0. The molecule has 0 aromatic rings. The molecule has 3 atom stereocenters. The molecule has 1 aliphatic heterocycles. The van der Waals surface area contributed by atoms with Gasteiger partial charge in [-0.1, -0.05) is 13.3 Å². The molecular formula is C18H34N2O2. The lowest BCUT2D eigenvalue weighted by Crippen LogP contribution is -2.51. The molecule has 1 aliphatic carbocycles. The summed E-state index contributed by atoms with van der Waals surface area (Å²) in [6.07, 6.45) is 8.51. The number of nitrogens with one attached hydrogen (secondary N) is 1. The SMILES string of the molecule is CCC1CCC(NCC2CCCCN2C(=O)OC(C)(C)C)C1. The Hall–Kier alpha value is -0.770. The van der Waals surface area contributed by atoms with Crippen LogP contribution in [0.2, 0.25) is 0 Å². The van der Waals surface area contributed by atoms with Crippen LogP contribution in [0.3, 0.4) is 0 Å². The van der Waals surface area contributed by atoms with Gasteiger partial charge in [-0.2, -0.15) is 0 Å². The Morgan fingerprint density at radius 1 is 1.23 bits per heavy atom. The Morgan fingerprint density at radius 2 is 2.00 bits per heavy atom. The van der Waals surface area contributed by atoms with Gasteiger partial charge in [0, 0.05) is 25.2 Å². The first kappa shape index (κ1) is 17.6. The van der Waals surface area contributed by atoms with Crippen LogP contribution in [0.5, 0.6) is 0 Å². The zero-order valence-electron chi connectivity index (χ0n) is 14.9. The number of carbonyl (C=O) groups excluding carboxylic acids is 1. The molecule has 0 aromatic heterocycles. The van der Waals surface area contributed by atoms with E-state index in [1.54, 1.807) is 0 Å². The number of piperidine rings is 1. The summed E-state index contributed by atoms with van der Waals surface area (Å²) in [6, 6.07) is 0.941. The molecular weight excluding hydrogens is 276 g/mol. The number of carbonyl (C=O) groups is 1. The first-order chi connectivity index (χ1) is 10.4. The Balaban J connectivity index is 1.83. The maximum Gasteiger partial charge on any atom is 0.410 e. The molecule has 4 nitrogen and oxygen atoms in total. The highest BCUT2D eigenvalue weighted by Crippen LogP contribution is 2.28. The minimum atomic E-state index is -0.410. The molecule has 2 aliphatic rings. The van der Waals surface area contributed by atoms with Crippen molar-refractivity contribution in [2.24, 2.45) is 5.92 Å². The van der Waals surface area contributed by atoms with Gasteiger partial charge in [-0.3, -0.25) is 0 Å². The zero-order chi connectivity index (χ0) is 16.2. The van der Waals surface area contributed by atoms with Crippen LogP contribution in [0.1, 0.15) is 72.6 Å². The van der Waals surface area contributed by atoms with E-state index in [2.05, 4.69) is 12.2 Å². The van der Waals surface area contributed by atoms with Crippen molar-refractivity contribution in [2.75, 3.05) is 13.1 Å². The van der Waals surface area contributed by atoms with Crippen LogP contribution in [0.15, 0.2) is 0 Å². The standard InChI is InChI=1S/C18H34N2O2/c1-5-14-9-10-15(12-14)19-13-16-8-6-7-11-20(16)17(21)22-18(2,3)4/h14-16,19H,5-13H2,1-4H3. The lowest BCUT2D eigenvalue weighted by molar-refractivity contribution is 0.00966. The van der Waals surface area contributed by atoms with Gasteiger partial charge in [0.15, 0.2) is 0 Å². The third-order valence-electron chi connectivity index (χ3n) is 5.02. The first-order valence-electron chi connectivity index (χ1n) is 9.12. The van der Waals surface area contributed by atoms with E-state index in [4.69, 9.17) is 4.74 Å². The van der Waals surface area contributed by atoms with Crippen LogP contribution in [0.4, 0.5) is 4.79 Å². The molecule has 1 saturated heterocycles. The lowest BCUT2D eigenvalue weighted by atomic mass is 10.0. The molecule has 0 radical (unpaired) electrons. The fraction of sp³-hybridized carbons (Fsp3) is 0.944. The minimum absolute atomic E-state index is 0.142. The summed E-state index contributed by atoms with van der Waals surface area (Å²) in [5, 5.41) is 3.71. The Kier molecular flexibility index (Phi) is 6.13. The molecule has 2 rings (SSSR count). The normalized spacial score (nSPS) is 29.6. The van der Waals surface area contributed by atoms with Crippen molar-refractivity contribution in [1.82, 2.24) is 10.2 Å². The van der Waals surface area contributed by atoms with Crippen molar-refractivity contribution in [1.29, 1.82) is 0 Å². The van der Waals surface area contributed by atoms with Gasteiger partial charge in [0.1, 0.15) is 5.60 Å². The van der Waals surface area contributed by atoms with Crippen molar-refractivity contribution in [3.05, 3.63) is 0 Å². The van der Waals surface area contributed by atoms with E-state index < -0.39 is 5.60 Å². The summed E-state index contributed by atoms with van der Waals surface area (Å²) in [4.78, 5) is 14.3. The lowest BCUT2D eigenvalue weighted by Gasteiger charge is -2.37. The second kappa shape index (κ2) is 7.67. The van der Waals surface area contributed by atoms with Crippen molar-refractivity contribution >= 4 is 6.09 Å². The summed E-state index contributed by atoms with van der Waals surface area (Å²) in [5.74, 6) is 0.894. The van der Waals surface area contributed by atoms with E-state index in [-0.39, 0.29) is 6.09 Å².